The number of carbonyl (C=O) groups excluding carboxylic acids is 1. The topological polar surface area (TPSA) is 55.1 Å². The Hall–Kier alpha value is -0.570. The molecular formula is C6H14N2O. The van der Waals surface area contributed by atoms with Crippen molar-refractivity contribution in [3.8, 4) is 0 Å². The van der Waals surface area contributed by atoms with Crippen molar-refractivity contribution in [2.24, 2.45) is 5.73 Å². The van der Waals surface area contributed by atoms with Crippen LogP contribution in [0.5, 0.6) is 0 Å². The number of hydrogen-bond acceptors (Lipinski definition) is 2. The Morgan fingerprint density at radius 3 is 2.56 bits per heavy atom. The van der Waals surface area contributed by atoms with Gasteiger partial charge in [-0.05, 0) is 20.3 Å². The van der Waals surface area contributed by atoms with Gasteiger partial charge in [-0.15, -0.1) is 0 Å². The number of amides is 1. The van der Waals surface area contributed by atoms with Gasteiger partial charge < -0.3 is 11.1 Å². The Labute approximate surface area is 55.6 Å². The molecule has 0 rings (SSSR count). The van der Waals surface area contributed by atoms with Gasteiger partial charge in [0.2, 0.25) is 6.41 Å². The molecule has 0 heterocycles. The molecule has 3 nitrogen and oxygen atoms in total. The van der Waals surface area contributed by atoms with E-state index in [0.29, 0.717) is 6.41 Å². The molecule has 2 unspecified atom stereocenters. The minimum atomic E-state index is 0.160. The highest BCUT2D eigenvalue weighted by Crippen LogP contribution is 1.91. The molecule has 0 saturated carbocycles. The lowest BCUT2D eigenvalue weighted by atomic mass is 10.1. The number of rotatable bonds is 4. The molecule has 2 atom stereocenters. The highest BCUT2D eigenvalue weighted by Gasteiger charge is 2.01. The van der Waals surface area contributed by atoms with Crippen LogP contribution in [0.15, 0.2) is 0 Å². The van der Waals surface area contributed by atoms with Gasteiger partial charge in [-0.2, -0.15) is 0 Å². The fourth-order valence-electron chi connectivity index (χ4n) is 0.742. The van der Waals surface area contributed by atoms with Gasteiger partial charge >= 0.3 is 0 Å². The van der Waals surface area contributed by atoms with E-state index in [1.807, 2.05) is 13.8 Å². The monoisotopic (exact) mass is 130 g/mol. The molecule has 0 radical (unpaired) electrons. The summed E-state index contributed by atoms with van der Waals surface area (Å²) in [5.74, 6) is 0. The van der Waals surface area contributed by atoms with Crippen molar-refractivity contribution in [3.63, 3.8) is 0 Å². The summed E-state index contributed by atoms with van der Waals surface area (Å²) >= 11 is 0. The largest absolute Gasteiger partial charge is 0.356 e. The predicted octanol–water partition coefficient (Wildman–Crippen LogP) is -0.142. The lowest BCUT2D eigenvalue weighted by molar-refractivity contribution is -0.110. The van der Waals surface area contributed by atoms with Crippen LogP contribution >= 0.6 is 0 Å². The van der Waals surface area contributed by atoms with Gasteiger partial charge in [-0.3, -0.25) is 4.79 Å². The minimum Gasteiger partial charge on any atom is -0.356 e. The Balaban J connectivity index is 3.25. The van der Waals surface area contributed by atoms with E-state index in [9.17, 15) is 4.79 Å². The summed E-state index contributed by atoms with van der Waals surface area (Å²) in [6.07, 6.45) is 1.53. The van der Waals surface area contributed by atoms with E-state index >= 15 is 0 Å². The molecule has 0 fully saturated rings. The average Bonchev–Trinajstić information content (AvgIpc) is 1.63. The van der Waals surface area contributed by atoms with Gasteiger partial charge in [-0.1, -0.05) is 0 Å². The summed E-state index contributed by atoms with van der Waals surface area (Å²) in [6.45, 7) is 3.85. The van der Waals surface area contributed by atoms with Gasteiger partial charge in [-0.25, -0.2) is 0 Å². The van der Waals surface area contributed by atoms with E-state index in [2.05, 4.69) is 5.32 Å². The molecule has 0 aliphatic heterocycles. The van der Waals surface area contributed by atoms with E-state index in [4.69, 9.17) is 5.73 Å². The van der Waals surface area contributed by atoms with Crippen LogP contribution in [0.4, 0.5) is 0 Å². The maximum Gasteiger partial charge on any atom is 0.207 e. The molecule has 0 aliphatic rings. The quantitative estimate of drug-likeness (QED) is 0.520. The lowest BCUT2D eigenvalue weighted by Gasteiger charge is -2.11. The van der Waals surface area contributed by atoms with Crippen LogP contribution in [0.3, 0.4) is 0 Å². The van der Waals surface area contributed by atoms with Crippen LogP contribution in [0.2, 0.25) is 0 Å². The molecule has 54 valence electrons. The maximum atomic E-state index is 9.84. The van der Waals surface area contributed by atoms with Crippen LogP contribution in [0.1, 0.15) is 20.3 Å². The second kappa shape index (κ2) is 4.32. The molecule has 0 aromatic carbocycles. The lowest BCUT2D eigenvalue weighted by Crippen LogP contribution is -2.31. The van der Waals surface area contributed by atoms with Crippen molar-refractivity contribution in [1.82, 2.24) is 5.32 Å². The van der Waals surface area contributed by atoms with Crippen molar-refractivity contribution < 1.29 is 4.79 Å². The van der Waals surface area contributed by atoms with Crippen LogP contribution < -0.4 is 11.1 Å². The van der Waals surface area contributed by atoms with Gasteiger partial charge in [0, 0.05) is 12.1 Å². The van der Waals surface area contributed by atoms with Crippen molar-refractivity contribution in [1.29, 1.82) is 0 Å². The molecule has 0 spiro atoms. The van der Waals surface area contributed by atoms with Crippen molar-refractivity contribution in [2.45, 2.75) is 32.4 Å². The van der Waals surface area contributed by atoms with Crippen molar-refractivity contribution in [2.75, 3.05) is 0 Å². The smallest absolute Gasteiger partial charge is 0.207 e. The summed E-state index contributed by atoms with van der Waals surface area (Å²) in [4.78, 5) is 9.84. The predicted molar refractivity (Wildman–Crippen MR) is 36.9 cm³/mol. The molecule has 9 heavy (non-hydrogen) atoms. The third-order valence-electron chi connectivity index (χ3n) is 1.08. The summed E-state index contributed by atoms with van der Waals surface area (Å²) in [6, 6.07) is 0.356. The van der Waals surface area contributed by atoms with Crippen LogP contribution in [0.25, 0.3) is 0 Å². The Morgan fingerprint density at radius 1 is 1.67 bits per heavy atom. The Bertz CT molecular complexity index is 83.1. The average molecular weight is 130 g/mol. The first-order valence-corrected chi connectivity index (χ1v) is 3.12. The summed E-state index contributed by atoms with van der Waals surface area (Å²) in [7, 11) is 0. The van der Waals surface area contributed by atoms with Crippen LogP contribution in [-0.2, 0) is 4.79 Å². The highest BCUT2D eigenvalue weighted by atomic mass is 16.1. The van der Waals surface area contributed by atoms with Gasteiger partial charge in [0.1, 0.15) is 0 Å². The first kappa shape index (κ1) is 8.43. The number of hydrogen-bond donors (Lipinski definition) is 2. The first-order chi connectivity index (χ1) is 4.16. The van der Waals surface area contributed by atoms with E-state index in [1.165, 1.54) is 0 Å². The second-order valence-electron chi connectivity index (χ2n) is 2.40. The first-order valence-electron chi connectivity index (χ1n) is 3.12. The van der Waals surface area contributed by atoms with E-state index in [1.54, 1.807) is 0 Å². The zero-order valence-electron chi connectivity index (χ0n) is 5.92. The van der Waals surface area contributed by atoms with Gasteiger partial charge in [0.25, 0.3) is 0 Å². The van der Waals surface area contributed by atoms with E-state index < -0.39 is 0 Å². The fourth-order valence-corrected chi connectivity index (χ4v) is 0.742. The molecule has 1 amide bonds. The molecule has 3 heteroatoms. The SMILES string of the molecule is CC(N)CC(C)NC=O. The fraction of sp³-hybridized carbons (Fsp3) is 0.833. The molecule has 0 bridgehead atoms. The molecule has 0 aliphatic carbocycles. The standard InChI is InChI=1S/C6H14N2O/c1-5(7)3-6(2)8-4-9/h4-6H,3,7H2,1-2H3,(H,8,9). The molecule has 0 saturated heterocycles. The molecule has 3 N–H and O–H groups in total. The molecule has 0 aromatic heterocycles. The number of nitrogens with two attached hydrogens (primary N) is 1. The van der Waals surface area contributed by atoms with Gasteiger partial charge in [0.15, 0.2) is 0 Å². The minimum absolute atomic E-state index is 0.160. The summed E-state index contributed by atoms with van der Waals surface area (Å²) in [5.41, 5.74) is 5.47. The van der Waals surface area contributed by atoms with Crippen molar-refractivity contribution >= 4 is 6.41 Å². The van der Waals surface area contributed by atoms with E-state index in [0.717, 1.165) is 6.42 Å². The zero-order chi connectivity index (χ0) is 7.28. The second-order valence-corrected chi connectivity index (χ2v) is 2.40. The normalized spacial score (nSPS) is 16.3. The summed E-state index contributed by atoms with van der Waals surface area (Å²) < 4.78 is 0. The zero-order valence-corrected chi connectivity index (χ0v) is 5.92. The Kier molecular flexibility index (Phi) is 4.05. The van der Waals surface area contributed by atoms with Gasteiger partial charge in [0.05, 0.1) is 0 Å². The van der Waals surface area contributed by atoms with Crippen LogP contribution in [0, 0.1) is 0 Å². The van der Waals surface area contributed by atoms with Crippen molar-refractivity contribution in [3.05, 3.63) is 0 Å². The highest BCUT2D eigenvalue weighted by molar-refractivity contribution is 5.46. The Morgan fingerprint density at radius 2 is 2.22 bits per heavy atom. The maximum absolute atomic E-state index is 9.84. The molecule has 0 aromatic rings. The molecular weight excluding hydrogens is 116 g/mol. The third-order valence-corrected chi connectivity index (χ3v) is 1.08. The number of carbonyl (C=O) groups is 1. The third kappa shape index (κ3) is 5.30. The van der Waals surface area contributed by atoms with Crippen LogP contribution in [-0.4, -0.2) is 18.5 Å². The number of nitrogens with one attached hydrogen (secondary N) is 1. The summed E-state index contributed by atoms with van der Waals surface area (Å²) in [5, 5.41) is 2.62. The van der Waals surface area contributed by atoms with E-state index in [-0.39, 0.29) is 12.1 Å².